The molecule has 0 spiro atoms. The summed E-state index contributed by atoms with van der Waals surface area (Å²) in [5, 5.41) is 0.789. The van der Waals surface area contributed by atoms with Gasteiger partial charge in [-0.1, -0.05) is 19.4 Å². The van der Waals surface area contributed by atoms with Crippen molar-refractivity contribution in [2.45, 2.75) is 46.0 Å². The number of aryl methyl sites for hydroxylation is 1. The van der Waals surface area contributed by atoms with Gasteiger partial charge in [-0.05, 0) is 50.0 Å². The number of hydrogen-bond donors (Lipinski definition) is 0. The number of nitrogens with zero attached hydrogens (tertiary/aromatic N) is 3. The third kappa shape index (κ3) is 6.35. The molecular formula is C28H37N3O5. The number of amides is 2. The molecule has 2 aliphatic rings. The first-order valence-electron chi connectivity index (χ1n) is 12.9. The quantitative estimate of drug-likeness (QED) is 0.434. The zero-order chi connectivity index (χ0) is 25.7. The molecule has 0 bridgehead atoms. The predicted octanol–water partition coefficient (Wildman–Crippen LogP) is 3.15. The van der Waals surface area contributed by atoms with Crippen LogP contribution in [0.5, 0.6) is 5.75 Å². The van der Waals surface area contributed by atoms with E-state index in [0.717, 1.165) is 42.5 Å². The number of benzene rings is 1. The minimum Gasteiger partial charge on any atom is -0.489 e. The molecule has 0 atom stereocenters. The van der Waals surface area contributed by atoms with E-state index in [0.29, 0.717) is 56.2 Å². The molecule has 3 heterocycles. The summed E-state index contributed by atoms with van der Waals surface area (Å²) in [6.45, 7) is 12.5. The summed E-state index contributed by atoms with van der Waals surface area (Å²) in [5.41, 5.74) is 1.98. The minimum atomic E-state index is -0.493. The van der Waals surface area contributed by atoms with Crippen LogP contribution in [0.25, 0.3) is 11.0 Å². The largest absolute Gasteiger partial charge is 0.489 e. The molecule has 2 aliphatic heterocycles. The maximum Gasteiger partial charge on any atom is 0.340 e. The number of fused-ring (bicyclic) bond motifs is 1. The Morgan fingerprint density at radius 1 is 0.972 bits per heavy atom. The standard InChI is InChI=1S/C28H37N3O5/c1-20(2)19-35-22-8-9-23-21(3)24(28(34)36-25(23)16-22)17-26(32)31-14-12-29(13-15-31)18-27(33)30-10-6-4-5-7-11-30/h8-9,16H,1,4-7,10-15,17-19H2,2-3H3. The van der Waals surface area contributed by atoms with Crippen LogP contribution in [0.15, 0.2) is 39.6 Å². The number of carbonyl (C=O) groups is 2. The van der Waals surface area contributed by atoms with Crippen molar-refractivity contribution >= 4 is 22.8 Å². The Morgan fingerprint density at radius 3 is 2.31 bits per heavy atom. The first-order chi connectivity index (χ1) is 17.3. The minimum absolute atomic E-state index is 0.00469. The molecule has 36 heavy (non-hydrogen) atoms. The van der Waals surface area contributed by atoms with Gasteiger partial charge in [-0.2, -0.15) is 0 Å². The van der Waals surface area contributed by atoms with Crippen LogP contribution < -0.4 is 10.4 Å². The monoisotopic (exact) mass is 495 g/mol. The average molecular weight is 496 g/mol. The van der Waals surface area contributed by atoms with Crippen LogP contribution >= 0.6 is 0 Å². The summed E-state index contributed by atoms with van der Waals surface area (Å²) in [6, 6.07) is 5.38. The molecule has 0 radical (unpaired) electrons. The second-order valence-corrected chi connectivity index (χ2v) is 10.0. The van der Waals surface area contributed by atoms with Crippen LogP contribution in [0.2, 0.25) is 0 Å². The molecule has 8 nitrogen and oxygen atoms in total. The Balaban J connectivity index is 1.35. The number of likely N-dealkylation sites (tertiary alicyclic amines) is 1. The number of piperazine rings is 1. The molecular weight excluding hydrogens is 458 g/mol. The maximum absolute atomic E-state index is 13.0. The van der Waals surface area contributed by atoms with Crippen LogP contribution in [-0.2, 0) is 16.0 Å². The van der Waals surface area contributed by atoms with Gasteiger partial charge >= 0.3 is 5.63 Å². The second-order valence-electron chi connectivity index (χ2n) is 10.0. The molecule has 2 amide bonds. The van der Waals surface area contributed by atoms with Crippen LogP contribution in [-0.4, -0.2) is 78.9 Å². The van der Waals surface area contributed by atoms with Gasteiger partial charge < -0.3 is 19.0 Å². The number of rotatable bonds is 7. The van der Waals surface area contributed by atoms with E-state index in [9.17, 15) is 14.4 Å². The van der Waals surface area contributed by atoms with E-state index in [-0.39, 0.29) is 18.2 Å². The maximum atomic E-state index is 13.0. The summed E-state index contributed by atoms with van der Waals surface area (Å²) < 4.78 is 11.2. The molecule has 194 valence electrons. The molecule has 0 unspecified atom stereocenters. The number of hydrogen-bond acceptors (Lipinski definition) is 6. The third-order valence-electron chi connectivity index (χ3n) is 7.11. The van der Waals surface area contributed by atoms with Crippen LogP contribution in [0.4, 0.5) is 0 Å². The van der Waals surface area contributed by atoms with Gasteiger partial charge in [0.25, 0.3) is 0 Å². The highest BCUT2D eigenvalue weighted by molar-refractivity contribution is 5.85. The van der Waals surface area contributed by atoms with Crippen molar-refractivity contribution in [1.29, 1.82) is 0 Å². The lowest BCUT2D eigenvalue weighted by atomic mass is 10.0. The van der Waals surface area contributed by atoms with E-state index in [2.05, 4.69) is 11.5 Å². The third-order valence-corrected chi connectivity index (χ3v) is 7.11. The van der Waals surface area contributed by atoms with Crippen molar-refractivity contribution in [3.05, 3.63) is 51.9 Å². The Hall–Kier alpha value is -3.13. The van der Waals surface area contributed by atoms with Crippen molar-refractivity contribution in [3.8, 4) is 5.75 Å². The van der Waals surface area contributed by atoms with Crippen molar-refractivity contribution in [1.82, 2.24) is 14.7 Å². The van der Waals surface area contributed by atoms with E-state index in [1.807, 2.05) is 30.9 Å². The highest BCUT2D eigenvalue weighted by Crippen LogP contribution is 2.25. The molecule has 2 fully saturated rings. The van der Waals surface area contributed by atoms with Gasteiger partial charge in [-0.25, -0.2) is 4.79 Å². The normalized spacial score (nSPS) is 17.2. The van der Waals surface area contributed by atoms with E-state index in [1.54, 1.807) is 11.0 Å². The second kappa shape index (κ2) is 11.7. The van der Waals surface area contributed by atoms with Gasteiger partial charge in [0.15, 0.2) is 0 Å². The molecule has 1 aromatic carbocycles. The van der Waals surface area contributed by atoms with Gasteiger partial charge in [0.1, 0.15) is 17.9 Å². The Bertz CT molecular complexity index is 1170. The zero-order valence-corrected chi connectivity index (χ0v) is 21.5. The predicted molar refractivity (Wildman–Crippen MR) is 139 cm³/mol. The van der Waals surface area contributed by atoms with Crippen molar-refractivity contribution in [2.24, 2.45) is 0 Å². The first-order valence-corrected chi connectivity index (χ1v) is 12.9. The van der Waals surface area contributed by atoms with Crippen LogP contribution in [0.1, 0.15) is 43.7 Å². The lowest BCUT2D eigenvalue weighted by Gasteiger charge is -2.35. The SMILES string of the molecule is C=C(C)COc1ccc2c(C)c(CC(=O)N3CCN(CC(=O)N4CCCCCC4)CC3)c(=O)oc2c1. The van der Waals surface area contributed by atoms with E-state index >= 15 is 0 Å². The van der Waals surface area contributed by atoms with E-state index < -0.39 is 5.63 Å². The fourth-order valence-electron chi connectivity index (χ4n) is 4.90. The smallest absolute Gasteiger partial charge is 0.340 e. The summed E-state index contributed by atoms with van der Waals surface area (Å²) in [7, 11) is 0. The number of carbonyl (C=O) groups excluding carboxylic acids is 2. The van der Waals surface area contributed by atoms with Crippen molar-refractivity contribution in [2.75, 3.05) is 52.4 Å². The highest BCUT2D eigenvalue weighted by atomic mass is 16.5. The van der Waals surface area contributed by atoms with E-state index in [4.69, 9.17) is 9.15 Å². The fraction of sp³-hybridized carbons (Fsp3) is 0.536. The van der Waals surface area contributed by atoms with Gasteiger partial charge in [0.2, 0.25) is 11.8 Å². The lowest BCUT2D eigenvalue weighted by molar-refractivity contribution is -0.134. The molecule has 0 N–H and O–H groups in total. The van der Waals surface area contributed by atoms with Gasteiger partial charge in [-0.3, -0.25) is 14.5 Å². The lowest BCUT2D eigenvalue weighted by Crippen LogP contribution is -2.52. The molecule has 4 rings (SSSR count). The summed E-state index contributed by atoms with van der Waals surface area (Å²) >= 11 is 0. The molecule has 0 saturated carbocycles. The highest BCUT2D eigenvalue weighted by Gasteiger charge is 2.26. The summed E-state index contributed by atoms with van der Waals surface area (Å²) in [4.78, 5) is 44.4. The van der Waals surface area contributed by atoms with Crippen molar-refractivity contribution < 1.29 is 18.7 Å². The Labute approximate surface area is 212 Å². The zero-order valence-electron chi connectivity index (χ0n) is 21.5. The molecule has 2 saturated heterocycles. The van der Waals surface area contributed by atoms with Gasteiger partial charge in [0, 0.05) is 50.7 Å². The molecule has 2 aromatic rings. The Kier molecular flexibility index (Phi) is 8.46. The first kappa shape index (κ1) is 25.9. The van der Waals surface area contributed by atoms with Crippen molar-refractivity contribution in [3.63, 3.8) is 0 Å². The number of ether oxygens (including phenoxy) is 1. The topological polar surface area (TPSA) is 83.3 Å². The van der Waals surface area contributed by atoms with Gasteiger partial charge in [-0.15, -0.1) is 0 Å². The van der Waals surface area contributed by atoms with Crippen LogP contribution in [0.3, 0.4) is 0 Å². The fourth-order valence-corrected chi connectivity index (χ4v) is 4.90. The van der Waals surface area contributed by atoms with E-state index in [1.165, 1.54) is 12.8 Å². The molecule has 8 heteroatoms. The molecule has 1 aromatic heterocycles. The van der Waals surface area contributed by atoms with Gasteiger partial charge in [0.05, 0.1) is 18.5 Å². The molecule has 0 aliphatic carbocycles. The summed E-state index contributed by atoms with van der Waals surface area (Å²) in [6.07, 6.45) is 4.57. The summed E-state index contributed by atoms with van der Waals surface area (Å²) in [5.74, 6) is 0.697. The van der Waals surface area contributed by atoms with Crippen LogP contribution in [0, 0.1) is 6.92 Å². The average Bonchev–Trinajstić information content (AvgIpc) is 3.15. The Morgan fingerprint density at radius 2 is 1.64 bits per heavy atom.